The van der Waals surface area contributed by atoms with Crippen molar-refractivity contribution in [1.82, 2.24) is 14.5 Å². The van der Waals surface area contributed by atoms with Crippen LogP contribution in [0.15, 0.2) is 39.6 Å². The number of piperidine rings is 1. The molecule has 1 N–H and O–H groups in total. The second-order valence-electron chi connectivity index (χ2n) is 9.38. The predicted molar refractivity (Wildman–Crippen MR) is 127 cm³/mol. The Balaban J connectivity index is 1.34. The van der Waals surface area contributed by atoms with E-state index in [0.29, 0.717) is 37.4 Å². The van der Waals surface area contributed by atoms with Gasteiger partial charge >= 0.3 is 0 Å². The molecule has 1 atom stereocenters. The van der Waals surface area contributed by atoms with E-state index >= 15 is 0 Å². The summed E-state index contributed by atoms with van der Waals surface area (Å²) >= 11 is 0. The zero-order valence-electron chi connectivity index (χ0n) is 19.8. The summed E-state index contributed by atoms with van der Waals surface area (Å²) in [6.45, 7) is 9.07. The minimum absolute atomic E-state index is 0.00528. The summed E-state index contributed by atoms with van der Waals surface area (Å²) in [5.74, 6) is 1.60. The molecule has 180 valence electrons. The summed E-state index contributed by atoms with van der Waals surface area (Å²) in [5.41, 5.74) is 2.03. The monoisotopic (exact) mass is 473 g/mol. The number of sulfonamides is 1. The van der Waals surface area contributed by atoms with Crippen molar-refractivity contribution in [2.75, 3.05) is 32.7 Å². The smallest absolute Gasteiger partial charge is 0.243 e. The van der Waals surface area contributed by atoms with Gasteiger partial charge in [0, 0.05) is 25.6 Å². The maximum absolute atomic E-state index is 13.1. The number of carbonyl (C=O) groups is 1. The molecule has 2 aliphatic heterocycles. The highest BCUT2D eigenvalue weighted by Gasteiger charge is 2.33. The summed E-state index contributed by atoms with van der Waals surface area (Å²) in [7, 11) is -3.54. The van der Waals surface area contributed by atoms with Crippen LogP contribution >= 0.6 is 0 Å². The molecule has 2 fully saturated rings. The van der Waals surface area contributed by atoms with Crippen molar-refractivity contribution in [3.63, 3.8) is 0 Å². The topological polar surface area (TPSA) is 82.9 Å². The van der Waals surface area contributed by atoms with E-state index in [0.717, 1.165) is 48.6 Å². The van der Waals surface area contributed by atoms with Crippen molar-refractivity contribution in [2.45, 2.75) is 57.4 Å². The molecule has 2 aromatic rings. The molecule has 0 unspecified atom stereocenters. The normalized spacial score (nSPS) is 19.6. The lowest BCUT2D eigenvalue weighted by atomic mass is 9.97. The number of hydrogen-bond donors (Lipinski definition) is 1. The Morgan fingerprint density at radius 3 is 2.33 bits per heavy atom. The van der Waals surface area contributed by atoms with E-state index in [-0.39, 0.29) is 17.9 Å². The molecule has 7 nitrogen and oxygen atoms in total. The van der Waals surface area contributed by atoms with Gasteiger partial charge in [-0.2, -0.15) is 4.31 Å². The first-order chi connectivity index (χ1) is 15.8. The van der Waals surface area contributed by atoms with E-state index in [2.05, 4.69) is 10.2 Å². The van der Waals surface area contributed by atoms with E-state index in [4.69, 9.17) is 4.42 Å². The molecule has 0 radical (unpaired) electrons. The molecular formula is C25H35N3O4S. The Morgan fingerprint density at radius 2 is 1.73 bits per heavy atom. The van der Waals surface area contributed by atoms with Gasteiger partial charge in [-0.05, 0) is 94.9 Å². The molecule has 0 bridgehead atoms. The fraction of sp³-hybridized carbons (Fsp3) is 0.560. The summed E-state index contributed by atoms with van der Waals surface area (Å²) in [6.07, 6.45) is 3.39. The molecule has 2 saturated heterocycles. The first-order valence-corrected chi connectivity index (χ1v) is 13.3. The average molecular weight is 474 g/mol. The Labute approximate surface area is 197 Å². The second kappa shape index (κ2) is 9.99. The summed E-state index contributed by atoms with van der Waals surface area (Å²) < 4.78 is 33.5. The number of likely N-dealkylation sites (tertiary alicyclic amines) is 1. The van der Waals surface area contributed by atoms with Gasteiger partial charge in [-0.25, -0.2) is 8.42 Å². The fourth-order valence-corrected chi connectivity index (χ4v) is 6.37. The van der Waals surface area contributed by atoms with Gasteiger partial charge in [0.2, 0.25) is 15.9 Å². The number of hydrogen-bond acceptors (Lipinski definition) is 5. The van der Waals surface area contributed by atoms with E-state index in [1.807, 2.05) is 39.0 Å². The van der Waals surface area contributed by atoms with Gasteiger partial charge in [0.05, 0.1) is 10.9 Å². The number of nitrogens with one attached hydrogen (secondary N) is 1. The van der Waals surface area contributed by atoms with Gasteiger partial charge in [0.1, 0.15) is 11.5 Å². The Morgan fingerprint density at radius 1 is 1.03 bits per heavy atom. The highest BCUT2D eigenvalue weighted by Crippen LogP contribution is 2.28. The third-order valence-corrected chi connectivity index (χ3v) is 8.98. The first-order valence-electron chi connectivity index (χ1n) is 11.9. The lowest BCUT2D eigenvalue weighted by Crippen LogP contribution is -2.44. The molecule has 0 saturated carbocycles. The van der Waals surface area contributed by atoms with Crippen molar-refractivity contribution in [1.29, 1.82) is 0 Å². The van der Waals surface area contributed by atoms with Gasteiger partial charge in [0.15, 0.2) is 0 Å². The predicted octanol–water partition coefficient (Wildman–Crippen LogP) is 3.56. The Hall–Kier alpha value is -2.16. The zero-order valence-corrected chi connectivity index (χ0v) is 20.7. The van der Waals surface area contributed by atoms with Crippen LogP contribution in [-0.4, -0.2) is 56.3 Å². The van der Waals surface area contributed by atoms with Crippen molar-refractivity contribution in [3.05, 3.63) is 53.0 Å². The number of benzene rings is 1. The first kappa shape index (κ1) is 24.0. The molecule has 33 heavy (non-hydrogen) atoms. The summed E-state index contributed by atoms with van der Waals surface area (Å²) in [6, 6.07) is 9.26. The van der Waals surface area contributed by atoms with E-state index in [1.54, 1.807) is 12.1 Å². The molecule has 0 spiro atoms. The molecule has 1 amide bonds. The van der Waals surface area contributed by atoms with Crippen molar-refractivity contribution >= 4 is 15.9 Å². The van der Waals surface area contributed by atoms with Crippen LogP contribution in [0, 0.1) is 26.7 Å². The number of furan rings is 1. The van der Waals surface area contributed by atoms with Crippen LogP contribution < -0.4 is 5.32 Å². The third kappa shape index (κ3) is 5.34. The standard InChI is InChI=1S/C25H35N3O4S/c1-18-6-8-22(16-19(18)2)33(30,31)28-14-10-21(11-15-28)25(29)26-17-23(27-12-4-5-13-27)24-9-7-20(3)32-24/h6-9,16,21,23H,4-5,10-15,17H2,1-3H3,(H,26,29)/t23-/m0/s1. The van der Waals surface area contributed by atoms with E-state index < -0.39 is 10.0 Å². The summed E-state index contributed by atoms with van der Waals surface area (Å²) in [4.78, 5) is 15.6. The van der Waals surface area contributed by atoms with Crippen molar-refractivity contribution < 1.29 is 17.6 Å². The number of nitrogens with zero attached hydrogens (tertiary/aromatic N) is 2. The van der Waals surface area contributed by atoms with Crippen LogP contribution in [0.3, 0.4) is 0 Å². The molecular weight excluding hydrogens is 438 g/mol. The van der Waals surface area contributed by atoms with Gasteiger partial charge < -0.3 is 9.73 Å². The second-order valence-corrected chi connectivity index (χ2v) is 11.3. The summed E-state index contributed by atoms with van der Waals surface area (Å²) in [5, 5.41) is 3.13. The van der Waals surface area contributed by atoms with Gasteiger partial charge in [-0.3, -0.25) is 9.69 Å². The van der Waals surface area contributed by atoms with Crippen LogP contribution in [0.1, 0.15) is 54.4 Å². The molecule has 2 aliphatic rings. The van der Waals surface area contributed by atoms with Gasteiger partial charge in [0.25, 0.3) is 0 Å². The lowest BCUT2D eigenvalue weighted by molar-refractivity contribution is -0.126. The highest BCUT2D eigenvalue weighted by atomic mass is 32.2. The lowest BCUT2D eigenvalue weighted by Gasteiger charge is -2.31. The van der Waals surface area contributed by atoms with Crippen molar-refractivity contribution in [3.8, 4) is 0 Å². The number of rotatable bonds is 7. The molecule has 4 rings (SSSR count). The Kier molecular flexibility index (Phi) is 7.26. The molecule has 8 heteroatoms. The largest absolute Gasteiger partial charge is 0.465 e. The zero-order chi connectivity index (χ0) is 23.6. The van der Waals surface area contributed by atoms with E-state index in [9.17, 15) is 13.2 Å². The van der Waals surface area contributed by atoms with Crippen LogP contribution in [-0.2, 0) is 14.8 Å². The fourth-order valence-electron chi connectivity index (χ4n) is 4.82. The highest BCUT2D eigenvalue weighted by molar-refractivity contribution is 7.89. The maximum atomic E-state index is 13.1. The molecule has 0 aliphatic carbocycles. The molecule has 1 aromatic carbocycles. The molecule has 3 heterocycles. The third-order valence-electron chi connectivity index (χ3n) is 7.08. The Bertz CT molecular complexity index is 1080. The van der Waals surface area contributed by atoms with Crippen LogP contribution in [0.4, 0.5) is 0 Å². The van der Waals surface area contributed by atoms with Gasteiger partial charge in [-0.15, -0.1) is 0 Å². The molecule has 1 aromatic heterocycles. The van der Waals surface area contributed by atoms with Gasteiger partial charge in [-0.1, -0.05) is 6.07 Å². The van der Waals surface area contributed by atoms with Crippen LogP contribution in [0.5, 0.6) is 0 Å². The quantitative estimate of drug-likeness (QED) is 0.665. The van der Waals surface area contributed by atoms with Crippen LogP contribution in [0.25, 0.3) is 0 Å². The maximum Gasteiger partial charge on any atom is 0.243 e. The van der Waals surface area contributed by atoms with Crippen molar-refractivity contribution in [2.24, 2.45) is 5.92 Å². The number of amides is 1. The minimum atomic E-state index is -3.54. The van der Waals surface area contributed by atoms with E-state index in [1.165, 1.54) is 4.31 Å². The minimum Gasteiger partial charge on any atom is -0.465 e. The average Bonchev–Trinajstić information content (AvgIpc) is 3.48. The number of carbonyl (C=O) groups excluding carboxylic acids is 1. The number of aryl methyl sites for hydroxylation is 3. The van der Waals surface area contributed by atoms with Crippen LogP contribution in [0.2, 0.25) is 0 Å². The SMILES string of the molecule is Cc1ccc([C@H](CNC(=O)C2CCN(S(=O)(=O)c3ccc(C)c(C)c3)CC2)N2CCCC2)o1.